The van der Waals surface area contributed by atoms with E-state index in [9.17, 15) is 4.39 Å². The van der Waals surface area contributed by atoms with E-state index in [2.05, 4.69) is 10.2 Å². The van der Waals surface area contributed by atoms with Crippen LogP contribution in [-0.2, 0) is 0 Å². The maximum Gasteiger partial charge on any atom is 0.163 e. The van der Waals surface area contributed by atoms with E-state index in [1.165, 1.54) is 12.1 Å². The van der Waals surface area contributed by atoms with Crippen molar-refractivity contribution in [3.8, 4) is 0 Å². The Kier molecular flexibility index (Phi) is 3.24. The first-order chi connectivity index (χ1) is 9.66. The van der Waals surface area contributed by atoms with Crippen LogP contribution in [0, 0.1) is 5.82 Å². The summed E-state index contributed by atoms with van der Waals surface area (Å²) in [5, 5.41) is 10.1. The highest BCUT2D eigenvalue weighted by Crippen LogP contribution is 2.31. The highest BCUT2D eigenvalue weighted by Gasteiger charge is 2.13. The second kappa shape index (κ2) is 5.06. The standard InChI is InChI=1S/C15H11ClFN3/c1-20(11-6-4-5-10(17)9-11)15-13-8-3-2-7-12(13)14(16)18-19-15/h2-9H,1H3. The van der Waals surface area contributed by atoms with Crippen LogP contribution in [0.15, 0.2) is 48.5 Å². The number of fused-ring (bicyclic) bond motifs is 1. The van der Waals surface area contributed by atoms with Gasteiger partial charge in [0.25, 0.3) is 0 Å². The van der Waals surface area contributed by atoms with E-state index in [0.29, 0.717) is 16.7 Å². The zero-order valence-electron chi connectivity index (χ0n) is 10.7. The lowest BCUT2D eigenvalue weighted by molar-refractivity contribution is 0.628. The molecule has 2 aromatic carbocycles. The number of anilines is 2. The third kappa shape index (κ3) is 2.18. The van der Waals surface area contributed by atoms with Gasteiger partial charge in [0.1, 0.15) is 5.82 Å². The summed E-state index contributed by atoms with van der Waals surface area (Å²) < 4.78 is 13.3. The van der Waals surface area contributed by atoms with Crippen LogP contribution >= 0.6 is 11.6 Å². The van der Waals surface area contributed by atoms with Crippen molar-refractivity contribution in [1.29, 1.82) is 0 Å². The molecule has 3 rings (SSSR count). The third-order valence-electron chi connectivity index (χ3n) is 3.14. The van der Waals surface area contributed by atoms with Crippen LogP contribution < -0.4 is 4.90 Å². The molecule has 0 saturated heterocycles. The summed E-state index contributed by atoms with van der Waals surface area (Å²) in [6.07, 6.45) is 0. The quantitative estimate of drug-likeness (QED) is 0.708. The molecule has 1 aromatic heterocycles. The van der Waals surface area contributed by atoms with Crippen molar-refractivity contribution in [2.75, 3.05) is 11.9 Å². The van der Waals surface area contributed by atoms with Crippen molar-refractivity contribution in [2.24, 2.45) is 0 Å². The highest BCUT2D eigenvalue weighted by atomic mass is 35.5. The van der Waals surface area contributed by atoms with Crippen molar-refractivity contribution in [3.05, 3.63) is 59.5 Å². The van der Waals surface area contributed by atoms with Crippen LogP contribution in [0.4, 0.5) is 15.9 Å². The predicted molar refractivity (Wildman–Crippen MR) is 79.0 cm³/mol. The molecule has 0 aliphatic heterocycles. The molecule has 0 N–H and O–H groups in total. The fraction of sp³-hybridized carbons (Fsp3) is 0.0667. The number of nitrogens with zero attached hydrogens (tertiary/aromatic N) is 3. The van der Waals surface area contributed by atoms with Crippen LogP contribution in [-0.4, -0.2) is 17.2 Å². The summed E-state index contributed by atoms with van der Waals surface area (Å²) in [6.45, 7) is 0. The van der Waals surface area contributed by atoms with Crippen LogP contribution in [0.2, 0.25) is 5.15 Å². The molecule has 1 heterocycles. The molecule has 0 aliphatic rings. The Morgan fingerprint density at radius 3 is 2.50 bits per heavy atom. The Morgan fingerprint density at radius 1 is 1.00 bits per heavy atom. The molecule has 20 heavy (non-hydrogen) atoms. The summed E-state index contributed by atoms with van der Waals surface area (Å²) in [6, 6.07) is 13.9. The molecule has 5 heteroatoms. The average Bonchev–Trinajstić information content (AvgIpc) is 2.47. The Labute approximate surface area is 120 Å². The smallest absolute Gasteiger partial charge is 0.163 e. The van der Waals surface area contributed by atoms with Gasteiger partial charge < -0.3 is 4.90 Å². The normalized spacial score (nSPS) is 10.8. The number of halogens is 2. The first-order valence-electron chi connectivity index (χ1n) is 6.07. The molecule has 0 amide bonds. The molecule has 0 aliphatic carbocycles. The van der Waals surface area contributed by atoms with E-state index in [-0.39, 0.29) is 5.82 Å². The summed E-state index contributed by atoms with van der Waals surface area (Å²) >= 11 is 6.05. The van der Waals surface area contributed by atoms with Gasteiger partial charge in [0.2, 0.25) is 0 Å². The molecule has 100 valence electrons. The largest absolute Gasteiger partial charge is 0.327 e. The highest BCUT2D eigenvalue weighted by molar-refractivity contribution is 6.34. The first kappa shape index (κ1) is 12.8. The van der Waals surface area contributed by atoms with Crippen LogP contribution in [0.5, 0.6) is 0 Å². The first-order valence-corrected chi connectivity index (χ1v) is 6.45. The fourth-order valence-electron chi connectivity index (χ4n) is 2.11. The molecule has 3 nitrogen and oxygen atoms in total. The summed E-state index contributed by atoms with van der Waals surface area (Å²) in [5.74, 6) is 0.344. The van der Waals surface area contributed by atoms with Gasteiger partial charge in [-0.3, -0.25) is 0 Å². The third-order valence-corrected chi connectivity index (χ3v) is 3.42. The lowest BCUT2D eigenvalue weighted by Gasteiger charge is -2.19. The average molecular weight is 288 g/mol. The Balaban J connectivity index is 2.17. The molecule has 3 aromatic rings. The van der Waals surface area contributed by atoms with Crippen LogP contribution in [0.3, 0.4) is 0 Å². The van der Waals surface area contributed by atoms with E-state index >= 15 is 0 Å². The Bertz CT molecular complexity index is 776. The van der Waals surface area contributed by atoms with Crippen molar-refractivity contribution in [1.82, 2.24) is 10.2 Å². The van der Waals surface area contributed by atoms with E-state index in [0.717, 1.165) is 10.8 Å². The number of aromatic nitrogens is 2. The van der Waals surface area contributed by atoms with Gasteiger partial charge in [-0.15, -0.1) is 10.2 Å². The summed E-state index contributed by atoms with van der Waals surface area (Å²) in [7, 11) is 1.82. The zero-order valence-corrected chi connectivity index (χ0v) is 11.5. The molecule has 0 bridgehead atoms. The molecule has 0 radical (unpaired) electrons. The minimum absolute atomic E-state index is 0.291. The van der Waals surface area contributed by atoms with Crippen molar-refractivity contribution >= 4 is 33.9 Å². The molecule has 0 saturated carbocycles. The lowest BCUT2D eigenvalue weighted by Crippen LogP contribution is -2.12. The van der Waals surface area contributed by atoms with Gasteiger partial charge in [-0.2, -0.15) is 0 Å². The van der Waals surface area contributed by atoms with Gasteiger partial charge in [0.05, 0.1) is 0 Å². The van der Waals surface area contributed by atoms with Gasteiger partial charge in [-0.05, 0) is 18.2 Å². The van der Waals surface area contributed by atoms with Crippen LogP contribution in [0.25, 0.3) is 10.8 Å². The number of rotatable bonds is 2. The van der Waals surface area contributed by atoms with E-state index in [1.807, 2.05) is 37.4 Å². The van der Waals surface area contributed by atoms with Crippen molar-refractivity contribution in [2.45, 2.75) is 0 Å². The minimum atomic E-state index is -0.291. The van der Waals surface area contributed by atoms with E-state index in [4.69, 9.17) is 11.6 Å². The topological polar surface area (TPSA) is 29.0 Å². The number of benzene rings is 2. The maximum absolute atomic E-state index is 13.3. The second-order valence-electron chi connectivity index (χ2n) is 4.40. The summed E-state index contributed by atoms with van der Waals surface area (Å²) in [5.41, 5.74) is 0.701. The predicted octanol–water partition coefficient (Wildman–Crippen LogP) is 4.19. The molecule has 0 atom stereocenters. The second-order valence-corrected chi connectivity index (χ2v) is 4.76. The Hall–Kier alpha value is -2.20. The van der Waals surface area contributed by atoms with Gasteiger partial charge in [-0.25, -0.2) is 4.39 Å². The minimum Gasteiger partial charge on any atom is -0.327 e. The van der Waals surface area contributed by atoms with Gasteiger partial charge in [0.15, 0.2) is 11.0 Å². The SMILES string of the molecule is CN(c1cccc(F)c1)c1nnc(Cl)c2ccccc12. The molecule has 0 unspecified atom stereocenters. The molecular weight excluding hydrogens is 277 g/mol. The van der Waals surface area contributed by atoms with E-state index in [1.54, 1.807) is 11.0 Å². The molecule has 0 spiro atoms. The number of hydrogen-bond donors (Lipinski definition) is 0. The zero-order chi connectivity index (χ0) is 14.1. The lowest BCUT2D eigenvalue weighted by atomic mass is 10.2. The van der Waals surface area contributed by atoms with Gasteiger partial charge in [-0.1, -0.05) is 41.9 Å². The Morgan fingerprint density at radius 2 is 1.75 bits per heavy atom. The van der Waals surface area contributed by atoms with Crippen molar-refractivity contribution < 1.29 is 4.39 Å². The van der Waals surface area contributed by atoms with Crippen molar-refractivity contribution in [3.63, 3.8) is 0 Å². The van der Waals surface area contributed by atoms with Crippen LogP contribution in [0.1, 0.15) is 0 Å². The van der Waals surface area contributed by atoms with Gasteiger partial charge in [0, 0.05) is 23.5 Å². The van der Waals surface area contributed by atoms with Gasteiger partial charge >= 0.3 is 0 Å². The fourth-order valence-corrected chi connectivity index (χ4v) is 2.31. The van der Waals surface area contributed by atoms with E-state index < -0.39 is 0 Å². The maximum atomic E-state index is 13.3. The molecule has 0 fully saturated rings. The summed E-state index contributed by atoms with van der Waals surface area (Å²) in [4.78, 5) is 1.79. The number of hydrogen-bond acceptors (Lipinski definition) is 3. The monoisotopic (exact) mass is 287 g/mol. The molecular formula is C15H11ClFN3.